The summed E-state index contributed by atoms with van der Waals surface area (Å²) in [4.78, 5) is 29.0. The third-order valence-corrected chi connectivity index (χ3v) is 5.92. The van der Waals surface area contributed by atoms with Gasteiger partial charge < -0.3 is 15.1 Å². The molecule has 0 unspecified atom stereocenters. The Balaban J connectivity index is 2.17. The number of nitrogens with one attached hydrogen (secondary N) is 1. The van der Waals surface area contributed by atoms with E-state index < -0.39 is 9.84 Å². The minimum Gasteiger partial charge on any atom is -0.348 e. The van der Waals surface area contributed by atoms with Gasteiger partial charge in [0.1, 0.15) is 0 Å². The molecular formula is C13H24N4O4S. The van der Waals surface area contributed by atoms with Gasteiger partial charge in [0.05, 0.1) is 24.1 Å². The van der Waals surface area contributed by atoms with Crippen LogP contribution in [-0.4, -0.2) is 98.9 Å². The van der Waals surface area contributed by atoms with E-state index >= 15 is 0 Å². The highest BCUT2D eigenvalue weighted by molar-refractivity contribution is 7.91. The maximum Gasteiger partial charge on any atom is 0.317 e. The molecule has 22 heavy (non-hydrogen) atoms. The molecule has 126 valence electrons. The van der Waals surface area contributed by atoms with E-state index in [2.05, 4.69) is 5.32 Å². The van der Waals surface area contributed by atoms with Gasteiger partial charge in [0.25, 0.3) is 0 Å². The number of carbonyl (C=O) groups is 2. The average Bonchev–Trinajstić information content (AvgIpc) is 2.74. The Morgan fingerprint density at radius 2 is 1.82 bits per heavy atom. The largest absolute Gasteiger partial charge is 0.348 e. The van der Waals surface area contributed by atoms with Gasteiger partial charge >= 0.3 is 6.03 Å². The monoisotopic (exact) mass is 332 g/mol. The van der Waals surface area contributed by atoms with E-state index in [1.807, 2.05) is 11.8 Å². The molecule has 8 nitrogen and oxygen atoms in total. The quantitative estimate of drug-likeness (QED) is 0.686. The van der Waals surface area contributed by atoms with Crippen LogP contribution in [0, 0.1) is 0 Å². The van der Waals surface area contributed by atoms with Gasteiger partial charge in [-0.05, 0) is 6.92 Å². The van der Waals surface area contributed by atoms with E-state index in [0.29, 0.717) is 19.6 Å². The van der Waals surface area contributed by atoms with Crippen LogP contribution in [0.2, 0.25) is 0 Å². The fourth-order valence-corrected chi connectivity index (χ4v) is 5.05. The summed E-state index contributed by atoms with van der Waals surface area (Å²) in [5.41, 5.74) is 0. The van der Waals surface area contributed by atoms with Gasteiger partial charge in [-0.2, -0.15) is 0 Å². The van der Waals surface area contributed by atoms with Crippen molar-refractivity contribution in [3.05, 3.63) is 0 Å². The number of fused-ring (bicyclic) bond motifs is 1. The van der Waals surface area contributed by atoms with E-state index in [4.69, 9.17) is 0 Å². The van der Waals surface area contributed by atoms with Gasteiger partial charge in [0.15, 0.2) is 9.84 Å². The minimum absolute atomic E-state index is 0.00821. The summed E-state index contributed by atoms with van der Waals surface area (Å²) >= 11 is 0. The zero-order valence-electron chi connectivity index (χ0n) is 13.3. The number of amides is 3. The summed E-state index contributed by atoms with van der Waals surface area (Å²) in [7, 11) is 0.166. The standard InChI is InChI=1S/C13H24N4O4S/c1-4-14-13(19)17-6-5-16(7-12(18)15(2)3)10-8-22(20,21)9-11(10)17/h10-11H,4-9H2,1-3H3,(H,14,19)/t10-,11+/m0/s1. The summed E-state index contributed by atoms with van der Waals surface area (Å²) in [6, 6.07) is -0.904. The van der Waals surface area contributed by atoms with Crippen molar-refractivity contribution >= 4 is 21.8 Å². The van der Waals surface area contributed by atoms with Crippen molar-refractivity contribution in [1.29, 1.82) is 0 Å². The first-order chi connectivity index (χ1) is 10.2. The predicted octanol–water partition coefficient (Wildman–Crippen LogP) is -1.41. The SMILES string of the molecule is CCNC(=O)N1CCN(CC(=O)N(C)C)[C@H]2CS(=O)(=O)C[C@H]21. The van der Waals surface area contributed by atoms with E-state index in [-0.39, 0.29) is 42.1 Å². The number of urea groups is 1. The molecule has 2 atom stereocenters. The molecule has 0 spiro atoms. The molecular weight excluding hydrogens is 308 g/mol. The van der Waals surface area contributed by atoms with Gasteiger partial charge in [0.2, 0.25) is 5.91 Å². The maximum atomic E-state index is 12.1. The first kappa shape index (κ1) is 17.0. The molecule has 2 fully saturated rings. The smallest absolute Gasteiger partial charge is 0.317 e. The van der Waals surface area contributed by atoms with Crippen molar-refractivity contribution in [2.45, 2.75) is 19.0 Å². The molecule has 0 aromatic carbocycles. The van der Waals surface area contributed by atoms with E-state index in [0.717, 1.165) is 0 Å². The normalized spacial score (nSPS) is 27.3. The summed E-state index contributed by atoms with van der Waals surface area (Å²) in [5, 5.41) is 2.73. The number of likely N-dealkylation sites (N-methyl/N-ethyl adjacent to an activating group) is 1. The highest BCUT2D eigenvalue weighted by Gasteiger charge is 2.48. The molecule has 2 aliphatic heterocycles. The number of carbonyl (C=O) groups excluding carboxylic acids is 2. The zero-order chi connectivity index (χ0) is 16.5. The molecule has 9 heteroatoms. The van der Waals surface area contributed by atoms with Gasteiger partial charge in [-0.15, -0.1) is 0 Å². The fourth-order valence-electron chi connectivity index (χ4n) is 3.04. The van der Waals surface area contributed by atoms with Gasteiger partial charge in [-0.25, -0.2) is 13.2 Å². The number of nitrogens with zero attached hydrogens (tertiary/aromatic N) is 3. The highest BCUT2D eigenvalue weighted by Crippen LogP contribution is 2.26. The first-order valence-corrected chi connectivity index (χ1v) is 9.26. The number of piperazine rings is 1. The van der Waals surface area contributed by atoms with Gasteiger partial charge in [0, 0.05) is 39.8 Å². The molecule has 0 saturated carbocycles. The Kier molecular flexibility index (Phi) is 4.96. The Labute approximate surface area is 131 Å². The Morgan fingerprint density at radius 1 is 1.18 bits per heavy atom. The van der Waals surface area contributed by atoms with Crippen molar-refractivity contribution in [2.24, 2.45) is 0 Å². The summed E-state index contributed by atoms with van der Waals surface area (Å²) < 4.78 is 24.0. The number of rotatable bonds is 3. The molecule has 0 radical (unpaired) electrons. The lowest BCUT2D eigenvalue weighted by molar-refractivity contribution is -0.131. The lowest BCUT2D eigenvalue weighted by Crippen LogP contribution is -2.63. The molecule has 0 aromatic rings. The van der Waals surface area contributed by atoms with Crippen molar-refractivity contribution in [3.63, 3.8) is 0 Å². The van der Waals surface area contributed by atoms with Crippen LogP contribution in [0.25, 0.3) is 0 Å². The molecule has 3 amide bonds. The van der Waals surface area contributed by atoms with Crippen LogP contribution >= 0.6 is 0 Å². The minimum atomic E-state index is -3.19. The molecule has 2 rings (SSSR count). The molecule has 1 N–H and O–H groups in total. The maximum absolute atomic E-state index is 12.1. The fraction of sp³-hybridized carbons (Fsp3) is 0.846. The number of hydrogen-bond acceptors (Lipinski definition) is 5. The second-order valence-electron chi connectivity index (χ2n) is 6.00. The van der Waals surface area contributed by atoms with Crippen LogP contribution in [0.1, 0.15) is 6.92 Å². The Bertz CT molecular complexity index is 548. The van der Waals surface area contributed by atoms with Crippen molar-refractivity contribution in [2.75, 3.05) is 51.8 Å². The first-order valence-electron chi connectivity index (χ1n) is 7.44. The van der Waals surface area contributed by atoms with E-state index in [1.54, 1.807) is 19.0 Å². The van der Waals surface area contributed by atoms with Crippen LogP contribution < -0.4 is 5.32 Å². The second kappa shape index (κ2) is 6.41. The van der Waals surface area contributed by atoms with E-state index in [9.17, 15) is 18.0 Å². The number of sulfone groups is 1. The molecule has 2 saturated heterocycles. The topological polar surface area (TPSA) is 90.0 Å². The second-order valence-corrected chi connectivity index (χ2v) is 8.15. The lowest BCUT2D eigenvalue weighted by atomic mass is 10.1. The van der Waals surface area contributed by atoms with Crippen LogP contribution in [0.4, 0.5) is 4.79 Å². The highest BCUT2D eigenvalue weighted by atomic mass is 32.2. The number of hydrogen-bond donors (Lipinski definition) is 1. The third-order valence-electron chi connectivity index (χ3n) is 4.22. The third kappa shape index (κ3) is 3.52. The van der Waals surface area contributed by atoms with E-state index in [1.165, 1.54) is 4.90 Å². The zero-order valence-corrected chi connectivity index (χ0v) is 14.1. The van der Waals surface area contributed by atoms with Crippen LogP contribution in [0.5, 0.6) is 0 Å². The van der Waals surface area contributed by atoms with Crippen LogP contribution in [-0.2, 0) is 14.6 Å². The van der Waals surface area contributed by atoms with Crippen molar-refractivity contribution in [1.82, 2.24) is 20.0 Å². The van der Waals surface area contributed by atoms with Gasteiger partial charge in [-0.3, -0.25) is 9.69 Å². The van der Waals surface area contributed by atoms with Crippen molar-refractivity contribution in [3.8, 4) is 0 Å². The predicted molar refractivity (Wildman–Crippen MR) is 82.3 cm³/mol. The molecule has 0 bridgehead atoms. The molecule has 2 heterocycles. The molecule has 0 aliphatic carbocycles. The summed E-state index contributed by atoms with van der Waals surface area (Å²) in [5.74, 6) is -0.0788. The summed E-state index contributed by atoms with van der Waals surface area (Å²) in [6.07, 6.45) is 0. The van der Waals surface area contributed by atoms with Gasteiger partial charge in [-0.1, -0.05) is 0 Å². The molecule has 2 aliphatic rings. The molecule has 0 aromatic heterocycles. The van der Waals surface area contributed by atoms with Crippen molar-refractivity contribution < 1.29 is 18.0 Å². The lowest BCUT2D eigenvalue weighted by Gasteiger charge is -2.43. The average molecular weight is 332 g/mol. The Morgan fingerprint density at radius 3 is 2.41 bits per heavy atom. The van der Waals surface area contributed by atoms with Crippen LogP contribution in [0.15, 0.2) is 0 Å². The Hall–Kier alpha value is -1.35. The summed E-state index contributed by atoms with van der Waals surface area (Å²) in [6.45, 7) is 3.46. The van der Waals surface area contributed by atoms with Crippen LogP contribution in [0.3, 0.4) is 0 Å².